The van der Waals surface area contributed by atoms with Gasteiger partial charge in [-0.05, 0) is 31.9 Å². The van der Waals surface area contributed by atoms with Crippen LogP contribution in [-0.2, 0) is 14.8 Å². The van der Waals surface area contributed by atoms with E-state index in [0.717, 1.165) is 12.8 Å². The Hall–Kier alpha value is -1.73. The first-order valence-electron chi connectivity index (χ1n) is 8.75. The van der Waals surface area contributed by atoms with E-state index in [-0.39, 0.29) is 23.1 Å². The van der Waals surface area contributed by atoms with Crippen LogP contribution in [0.3, 0.4) is 0 Å². The number of benzene rings is 1. The molecule has 1 aliphatic heterocycles. The first-order chi connectivity index (χ1) is 11.9. The minimum atomic E-state index is -3.66. The summed E-state index contributed by atoms with van der Waals surface area (Å²) >= 11 is 0. The summed E-state index contributed by atoms with van der Waals surface area (Å²) in [5.41, 5.74) is 0.382. The zero-order valence-electron chi connectivity index (χ0n) is 14.9. The maximum Gasteiger partial charge on any atom is 0.243 e. The van der Waals surface area contributed by atoms with Crippen LogP contribution in [0.5, 0.6) is 0 Å². The molecule has 138 valence electrons. The van der Waals surface area contributed by atoms with Crippen LogP contribution in [0.4, 0.5) is 0 Å². The third-order valence-corrected chi connectivity index (χ3v) is 6.32. The minimum Gasteiger partial charge on any atom is -0.341 e. The monoisotopic (exact) mass is 366 g/mol. The zero-order chi connectivity index (χ0) is 18.4. The molecule has 1 aromatic carbocycles. The maximum atomic E-state index is 12.9. The van der Waals surface area contributed by atoms with Crippen molar-refractivity contribution in [3.63, 3.8) is 0 Å². The molecule has 25 heavy (non-hydrogen) atoms. The molecule has 1 aromatic rings. The van der Waals surface area contributed by atoms with Gasteiger partial charge in [0.2, 0.25) is 15.9 Å². The molecule has 1 heterocycles. The van der Waals surface area contributed by atoms with E-state index in [1.54, 1.807) is 17.0 Å². The smallest absolute Gasteiger partial charge is 0.243 e. The molecule has 1 fully saturated rings. The summed E-state index contributed by atoms with van der Waals surface area (Å²) in [7, 11) is -3.66. The van der Waals surface area contributed by atoms with Crippen LogP contribution in [0.1, 0.15) is 49.9 Å². The van der Waals surface area contributed by atoms with E-state index < -0.39 is 10.0 Å². The highest BCUT2D eigenvalue weighted by atomic mass is 32.2. The minimum absolute atomic E-state index is 0.0969. The van der Waals surface area contributed by atoms with Crippen molar-refractivity contribution in [2.75, 3.05) is 26.2 Å². The quantitative estimate of drug-likeness (QED) is 0.724. The summed E-state index contributed by atoms with van der Waals surface area (Å²) in [4.78, 5) is 25.6. The topological polar surface area (TPSA) is 74.8 Å². The maximum absolute atomic E-state index is 12.9. The Bertz CT molecular complexity index is 730. The van der Waals surface area contributed by atoms with Crippen molar-refractivity contribution in [1.29, 1.82) is 0 Å². The van der Waals surface area contributed by atoms with Crippen LogP contribution in [0.25, 0.3) is 0 Å². The Kier molecular flexibility index (Phi) is 6.72. The van der Waals surface area contributed by atoms with Gasteiger partial charge >= 0.3 is 0 Å². The predicted octanol–water partition coefficient (Wildman–Crippen LogP) is 2.30. The van der Waals surface area contributed by atoms with Gasteiger partial charge in [0.15, 0.2) is 5.78 Å². The van der Waals surface area contributed by atoms with Crippen LogP contribution >= 0.6 is 0 Å². The van der Waals surface area contributed by atoms with Gasteiger partial charge in [-0.3, -0.25) is 9.59 Å². The number of unbranched alkanes of at least 4 members (excludes halogenated alkanes) is 1. The molecule has 0 atom stereocenters. The van der Waals surface area contributed by atoms with E-state index in [0.29, 0.717) is 38.0 Å². The number of rotatable bonds is 6. The first-order valence-corrected chi connectivity index (χ1v) is 10.2. The van der Waals surface area contributed by atoms with Crippen LogP contribution in [0.2, 0.25) is 0 Å². The summed E-state index contributed by atoms with van der Waals surface area (Å²) in [6.07, 6.45) is 2.95. The molecule has 7 heteroatoms. The van der Waals surface area contributed by atoms with Crippen molar-refractivity contribution in [1.82, 2.24) is 9.21 Å². The lowest BCUT2D eigenvalue weighted by Crippen LogP contribution is -2.37. The van der Waals surface area contributed by atoms with E-state index >= 15 is 0 Å². The highest BCUT2D eigenvalue weighted by molar-refractivity contribution is 7.89. The molecular formula is C18H26N2O4S. The second-order valence-electron chi connectivity index (χ2n) is 6.33. The van der Waals surface area contributed by atoms with E-state index in [1.807, 2.05) is 6.92 Å². The van der Waals surface area contributed by atoms with Crippen molar-refractivity contribution < 1.29 is 18.0 Å². The van der Waals surface area contributed by atoms with Gasteiger partial charge in [-0.15, -0.1) is 0 Å². The molecule has 1 saturated heterocycles. The molecule has 0 radical (unpaired) electrons. The molecule has 2 rings (SSSR count). The number of hydrogen-bond donors (Lipinski definition) is 0. The summed E-state index contributed by atoms with van der Waals surface area (Å²) in [5.74, 6) is -0.0692. The number of nitrogens with zero attached hydrogens (tertiary/aromatic N) is 2. The standard InChI is InChI=1S/C18H26N2O4S/c1-3-4-9-18(22)19-10-6-11-20(13-12-19)25(23,24)17-8-5-7-16(14-17)15(2)21/h5,7-8,14H,3-4,6,9-13H2,1-2H3. The molecule has 1 amide bonds. The second-order valence-corrected chi connectivity index (χ2v) is 8.26. The summed E-state index contributed by atoms with van der Waals surface area (Å²) in [6.45, 7) is 5.11. The van der Waals surface area contributed by atoms with Crippen molar-refractivity contribution in [3.05, 3.63) is 29.8 Å². The Morgan fingerprint density at radius 1 is 1.12 bits per heavy atom. The van der Waals surface area contributed by atoms with Gasteiger partial charge in [0, 0.05) is 38.2 Å². The van der Waals surface area contributed by atoms with Gasteiger partial charge in [-0.2, -0.15) is 4.31 Å². The molecule has 0 aliphatic carbocycles. The number of carbonyl (C=O) groups is 2. The lowest BCUT2D eigenvalue weighted by molar-refractivity contribution is -0.131. The van der Waals surface area contributed by atoms with Crippen molar-refractivity contribution in [2.45, 2.75) is 44.4 Å². The Morgan fingerprint density at radius 2 is 1.88 bits per heavy atom. The van der Waals surface area contributed by atoms with Gasteiger partial charge in [0.1, 0.15) is 0 Å². The third-order valence-electron chi connectivity index (χ3n) is 4.43. The number of sulfonamides is 1. The van der Waals surface area contributed by atoms with Gasteiger partial charge in [0.25, 0.3) is 0 Å². The zero-order valence-corrected chi connectivity index (χ0v) is 15.7. The van der Waals surface area contributed by atoms with E-state index in [1.165, 1.54) is 23.4 Å². The Labute approximate surface area is 149 Å². The van der Waals surface area contributed by atoms with Gasteiger partial charge < -0.3 is 4.90 Å². The molecular weight excluding hydrogens is 340 g/mol. The van der Waals surface area contributed by atoms with Gasteiger partial charge in [0.05, 0.1) is 4.90 Å². The number of Topliss-reactive ketones (excluding diaryl/α,β-unsaturated/α-hetero) is 1. The average Bonchev–Trinajstić information content (AvgIpc) is 2.86. The second kappa shape index (κ2) is 8.58. The van der Waals surface area contributed by atoms with Gasteiger partial charge in [-0.1, -0.05) is 25.5 Å². The number of hydrogen-bond acceptors (Lipinski definition) is 4. The van der Waals surface area contributed by atoms with E-state index in [9.17, 15) is 18.0 Å². The third kappa shape index (κ3) is 4.89. The fourth-order valence-electron chi connectivity index (χ4n) is 2.89. The van der Waals surface area contributed by atoms with Crippen molar-refractivity contribution in [2.24, 2.45) is 0 Å². The number of carbonyl (C=O) groups excluding carboxylic acids is 2. The molecule has 0 bridgehead atoms. The largest absolute Gasteiger partial charge is 0.341 e. The Morgan fingerprint density at radius 3 is 2.56 bits per heavy atom. The number of ketones is 1. The molecule has 0 N–H and O–H groups in total. The van der Waals surface area contributed by atoms with Crippen LogP contribution in [0, 0.1) is 0 Å². The van der Waals surface area contributed by atoms with Gasteiger partial charge in [-0.25, -0.2) is 8.42 Å². The van der Waals surface area contributed by atoms with Crippen molar-refractivity contribution >= 4 is 21.7 Å². The highest BCUT2D eigenvalue weighted by Crippen LogP contribution is 2.19. The highest BCUT2D eigenvalue weighted by Gasteiger charge is 2.28. The fourth-order valence-corrected chi connectivity index (χ4v) is 4.41. The molecule has 6 nitrogen and oxygen atoms in total. The van der Waals surface area contributed by atoms with Crippen LogP contribution in [0.15, 0.2) is 29.2 Å². The SMILES string of the molecule is CCCCC(=O)N1CCCN(S(=O)(=O)c2cccc(C(C)=O)c2)CC1. The normalized spacial score (nSPS) is 16.5. The van der Waals surface area contributed by atoms with E-state index in [4.69, 9.17) is 0 Å². The lowest BCUT2D eigenvalue weighted by atomic mass is 10.2. The summed E-state index contributed by atoms with van der Waals surface area (Å²) in [5, 5.41) is 0. The van der Waals surface area contributed by atoms with Crippen molar-refractivity contribution in [3.8, 4) is 0 Å². The molecule has 0 aromatic heterocycles. The lowest BCUT2D eigenvalue weighted by Gasteiger charge is -2.22. The number of amides is 1. The van der Waals surface area contributed by atoms with E-state index in [2.05, 4.69) is 0 Å². The molecule has 0 unspecified atom stereocenters. The summed E-state index contributed by atoms with van der Waals surface area (Å²) < 4.78 is 27.2. The fraction of sp³-hybridized carbons (Fsp3) is 0.556. The first kappa shape index (κ1) is 19.6. The Balaban J connectivity index is 2.12. The predicted molar refractivity (Wildman–Crippen MR) is 95.9 cm³/mol. The molecule has 0 spiro atoms. The van der Waals surface area contributed by atoms with Crippen LogP contribution in [-0.4, -0.2) is 55.5 Å². The average molecular weight is 366 g/mol. The molecule has 1 aliphatic rings. The molecule has 0 saturated carbocycles. The van der Waals surface area contributed by atoms with Crippen LogP contribution < -0.4 is 0 Å². The summed E-state index contributed by atoms with van der Waals surface area (Å²) in [6, 6.07) is 6.13.